The molecule has 3 rings (SSSR count). The highest BCUT2D eigenvalue weighted by molar-refractivity contribution is 7.09. The average molecular weight is 353 g/mol. The Morgan fingerprint density at radius 1 is 1.12 bits per heavy atom. The highest BCUT2D eigenvalue weighted by Crippen LogP contribution is 2.28. The van der Waals surface area contributed by atoms with Crippen molar-refractivity contribution in [3.63, 3.8) is 0 Å². The molecule has 4 N–H and O–H groups in total. The minimum Gasteiger partial charge on any atom is -0.457 e. The first kappa shape index (κ1) is 16.9. The normalized spacial score (nSPS) is 10.3. The van der Waals surface area contributed by atoms with Crippen molar-refractivity contribution in [3.05, 3.63) is 70.4 Å². The molecule has 0 aliphatic heterocycles. The molecule has 128 valence electrons. The van der Waals surface area contributed by atoms with E-state index >= 15 is 0 Å². The quantitative estimate of drug-likeness (QED) is 0.579. The largest absolute Gasteiger partial charge is 0.457 e. The Labute approximate surface area is 150 Å². The molecule has 0 saturated carbocycles. The first-order chi connectivity index (χ1) is 12.1. The minimum atomic E-state index is -0.312. The van der Waals surface area contributed by atoms with Gasteiger partial charge in [-0.25, -0.2) is 4.79 Å². The van der Waals surface area contributed by atoms with E-state index in [9.17, 15) is 4.79 Å². The number of carbonyl (C=O) groups is 1. The molecule has 0 bridgehead atoms. The monoisotopic (exact) mass is 353 g/mol. The van der Waals surface area contributed by atoms with Crippen molar-refractivity contribution in [1.29, 1.82) is 0 Å². The number of thiophene rings is 1. The molecule has 0 aliphatic carbocycles. The molecule has 0 unspecified atom stereocenters. The SMILES string of the molecule is Cc1ccc(Oc2ccc(N)c(NC(=O)NCc3cccs3)c2)cc1. The molecule has 0 fully saturated rings. The number of nitrogens with two attached hydrogens (primary N) is 1. The number of hydrogen-bond acceptors (Lipinski definition) is 4. The van der Waals surface area contributed by atoms with Gasteiger partial charge in [0.1, 0.15) is 11.5 Å². The molecular weight excluding hydrogens is 334 g/mol. The highest BCUT2D eigenvalue weighted by atomic mass is 32.1. The van der Waals surface area contributed by atoms with Crippen molar-refractivity contribution in [3.8, 4) is 11.5 Å². The van der Waals surface area contributed by atoms with Crippen LogP contribution in [-0.2, 0) is 6.54 Å². The molecule has 25 heavy (non-hydrogen) atoms. The smallest absolute Gasteiger partial charge is 0.319 e. The number of urea groups is 1. The maximum atomic E-state index is 12.1. The van der Waals surface area contributed by atoms with Crippen molar-refractivity contribution in [2.24, 2.45) is 0 Å². The van der Waals surface area contributed by atoms with Crippen molar-refractivity contribution >= 4 is 28.7 Å². The van der Waals surface area contributed by atoms with Crippen LogP contribution in [0.2, 0.25) is 0 Å². The Morgan fingerprint density at radius 3 is 2.60 bits per heavy atom. The first-order valence-corrected chi connectivity index (χ1v) is 8.69. The third-order valence-electron chi connectivity index (χ3n) is 3.53. The maximum Gasteiger partial charge on any atom is 0.319 e. The number of hydrogen-bond donors (Lipinski definition) is 3. The second-order valence-corrected chi connectivity index (χ2v) is 6.58. The number of aryl methyl sites for hydroxylation is 1. The summed E-state index contributed by atoms with van der Waals surface area (Å²) in [7, 11) is 0. The molecule has 3 aromatic rings. The Kier molecular flexibility index (Phi) is 5.20. The summed E-state index contributed by atoms with van der Waals surface area (Å²) in [5.74, 6) is 1.33. The van der Waals surface area contributed by atoms with Gasteiger partial charge < -0.3 is 21.1 Å². The standard InChI is InChI=1S/C19H19N3O2S/c1-13-4-6-14(7-5-13)24-15-8-9-17(20)18(11-15)22-19(23)21-12-16-3-2-10-25-16/h2-11H,12,20H2,1H3,(H2,21,22,23). The summed E-state index contributed by atoms with van der Waals surface area (Å²) >= 11 is 1.59. The number of nitrogens with one attached hydrogen (secondary N) is 2. The number of ether oxygens (including phenoxy) is 1. The zero-order valence-corrected chi connectivity index (χ0v) is 14.6. The molecule has 0 aliphatic rings. The van der Waals surface area contributed by atoms with E-state index in [2.05, 4.69) is 10.6 Å². The van der Waals surface area contributed by atoms with Crippen molar-refractivity contribution in [2.45, 2.75) is 13.5 Å². The van der Waals surface area contributed by atoms with Gasteiger partial charge in [0, 0.05) is 10.9 Å². The molecule has 0 spiro atoms. The highest BCUT2D eigenvalue weighted by Gasteiger charge is 2.08. The topological polar surface area (TPSA) is 76.4 Å². The number of benzene rings is 2. The van der Waals surface area contributed by atoms with E-state index in [1.54, 1.807) is 29.5 Å². The van der Waals surface area contributed by atoms with E-state index in [-0.39, 0.29) is 6.03 Å². The predicted molar refractivity (Wildman–Crippen MR) is 102 cm³/mol. The summed E-state index contributed by atoms with van der Waals surface area (Å²) in [6.45, 7) is 2.49. The summed E-state index contributed by atoms with van der Waals surface area (Å²) in [4.78, 5) is 13.1. The maximum absolute atomic E-state index is 12.1. The molecule has 1 heterocycles. The van der Waals surface area contributed by atoms with Crippen LogP contribution < -0.4 is 21.1 Å². The minimum absolute atomic E-state index is 0.312. The molecule has 5 nitrogen and oxygen atoms in total. The lowest BCUT2D eigenvalue weighted by Gasteiger charge is -2.12. The van der Waals surface area contributed by atoms with Gasteiger partial charge in [-0.3, -0.25) is 0 Å². The Bertz CT molecular complexity index is 846. The molecule has 2 aromatic carbocycles. The number of nitrogen functional groups attached to an aromatic ring is 1. The van der Waals surface area contributed by atoms with Crippen LogP contribution >= 0.6 is 11.3 Å². The van der Waals surface area contributed by atoms with Crippen LogP contribution in [0.1, 0.15) is 10.4 Å². The van der Waals surface area contributed by atoms with Crippen molar-refractivity contribution < 1.29 is 9.53 Å². The zero-order valence-electron chi connectivity index (χ0n) is 13.8. The number of rotatable bonds is 5. The van der Waals surface area contributed by atoms with E-state index in [1.807, 2.05) is 48.7 Å². The van der Waals surface area contributed by atoms with Crippen LogP contribution in [0, 0.1) is 6.92 Å². The summed E-state index contributed by atoms with van der Waals surface area (Å²) in [6.07, 6.45) is 0. The number of carbonyl (C=O) groups excluding carboxylic acids is 1. The summed E-state index contributed by atoms with van der Waals surface area (Å²) in [6, 6.07) is 16.5. The first-order valence-electron chi connectivity index (χ1n) is 7.81. The Hall–Kier alpha value is -2.99. The van der Waals surface area contributed by atoms with E-state index in [0.717, 1.165) is 16.2 Å². The van der Waals surface area contributed by atoms with Crippen LogP contribution in [0.25, 0.3) is 0 Å². The Morgan fingerprint density at radius 2 is 1.88 bits per heavy atom. The van der Waals surface area contributed by atoms with Gasteiger partial charge in [0.15, 0.2) is 0 Å². The van der Waals surface area contributed by atoms with Gasteiger partial charge in [0.2, 0.25) is 0 Å². The number of anilines is 2. The third-order valence-corrected chi connectivity index (χ3v) is 4.41. The van der Waals surface area contributed by atoms with Gasteiger partial charge >= 0.3 is 6.03 Å². The van der Waals surface area contributed by atoms with Crippen molar-refractivity contribution in [1.82, 2.24) is 5.32 Å². The van der Waals surface area contributed by atoms with Crippen LogP contribution in [0.5, 0.6) is 11.5 Å². The summed E-state index contributed by atoms with van der Waals surface area (Å²) in [5, 5.41) is 7.53. The lowest BCUT2D eigenvalue weighted by Crippen LogP contribution is -2.28. The summed E-state index contributed by atoms with van der Waals surface area (Å²) in [5.41, 5.74) is 8.09. The van der Waals surface area contributed by atoms with Crippen molar-refractivity contribution in [2.75, 3.05) is 11.1 Å². The van der Waals surface area contributed by atoms with E-state index < -0.39 is 0 Å². The fourth-order valence-electron chi connectivity index (χ4n) is 2.20. The molecule has 6 heteroatoms. The van der Waals surface area contributed by atoms with Crippen LogP contribution in [-0.4, -0.2) is 6.03 Å². The van der Waals surface area contributed by atoms with Gasteiger partial charge in [-0.2, -0.15) is 0 Å². The van der Waals surface area contributed by atoms with E-state index in [1.165, 1.54) is 0 Å². The number of amides is 2. The summed E-state index contributed by atoms with van der Waals surface area (Å²) < 4.78 is 5.80. The van der Waals surface area contributed by atoms with Gasteiger partial charge in [-0.1, -0.05) is 23.8 Å². The molecule has 0 atom stereocenters. The molecule has 0 radical (unpaired) electrons. The van der Waals surface area contributed by atoms with E-state index in [4.69, 9.17) is 10.5 Å². The van der Waals surface area contributed by atoms with Crippen LogP contribution in [0.15, 0.2) is 60.0 Å². The average Bonchev–Trinajstić information content (AvgIpc) is 3.12. The van der Waals surface area contributed by atoms with Gasteiger partial charge in [-0.15, -0.1) is 11.3 Å². The zero-order chi connectivity index (χ0) is 17.6. The third kappa shape index (κ3) is 4.74. The lowest BCUT2D eigenvalue weighted by molar-refractivity contribution is 0.252. The molecule has 0 saturated heterocycles. The van der Waals surface area contributed by atoms with Gasteiger partial charge in [0.05, 0.1) is 17.9 Å². The van der Waals surface area contributed by atoms with Crippen LogP contribution in [0.4, 0.5) is 16.2 Å². The van der Waals surface area contributed by atoms with Crippen LogP contribution in [0.3, 0.4) is 0 Å². The van der Waals surface area contributed by atoms with E-state index in [0.29, 0.717) is 23.7 Å². The fourth-order valence-corrected chi connectivity index (χ4v) is 2.84. The second-order valence-electron chi connectivity index (χ2n) is 5.55. The van der Waals surface area contributed by atoms with Gasteiger partial charge in [-0.05, 0) is 42.6 Å². The Balaban J connectivity index is 1.64. The van der Waals surface area contributed by atoms with Gasteiger partial charge in [0.25, 0.3) is 0 Å². The molecular formula is C19H19N3O2S. The molecule has 1 aromatic heterocycles. The predicted octanol–water partition coefficient (Wildman–Crippen LogP) is 4.75. The fraction of sp³-hybridized carbons (Fsp3) is 0.105. The lowest BCUT2D eigenvalue weighted by atomic mass is 10.2. The second kappa shape index (κ2) is 7.72. The molecule has 2 amide bonds.